The number of nitrogens with zero attached hydrogens (tertiary/aromatic N) is 4. The number of ether oxygens (including phenoxy) is 2. The molecule has 32 heavy (non-hydrogen) atoms. The molecule has 0 saturated heterocycles. The lowest BCUT2D eigenvalue weighted by Gasteiger charge is -2.10. The van der Waals surface area contributed by atoms with E-state index in [1.807, 2.05) is 0 Å². The normalized spacial score (nSPS) is 11.4. The molecule has 0 saturated carbocycles. The van der Waals surface area contributed by atoms with Gasteiger partial charge in [-0.3, -0.25) is 0 Å². The average Bonchev–Trinajstić information content (AvgIpc) is 2.85. The van der Waals surface area contributed by atoms with Crippen molar-refractivity contribution in [3.8, 4) is 23.0 Å². The van der Waals surface area contributed by atoms with Gasteiger partial charge in [0.15, 0.2) is 11.5 Å². The third-order valence-corrected chi connectivity index (χ3v) is 4.79. The van der Waals surface area contributed by atoms with Crippen molar-refractivity contribution in [3.63, 3.8) is 0 Å². The van der Waals surface area contributed by atoms with Crippen LogP contribution in [0.2, 0.25) is 0 Å². The summed E-state index contributed by atoms with van der Waals surface area (Å²) < 4.78 is 10.3. The molecule has 8 nitrogen and oxygen atoms in total. The maximum absolute atomic E-state index is 10.7. The minimum atomic E-state index is -0.426. The van der Waals surface area contributed by atoms with E-state index >= 15 is 0 Å². The largest absolute Gasteiger partial charge is 0.503 e. The number of hydrogen-bond acceptors (Lipinski definition) is 8. The molecule has 0 spiro atoms. The molecule has 0 heterocycles. The predicted molar refractivity (Wildman–Crippen MR) is 122 cm³/mol. The van der Waals surface area contributed by atoms with Gasteiger partial charge >= 0.3 is 0 Å². The van der Waals surface area contributed by atoms with E-state index in [0.717, 1.165) is 0 Å². The standard InChI is InChI=1S/C24H20N4O4/c1-31-17-11-7-15(8-12-17)25-27-21-19-5-3-4-6-20(19)22(24(30)23(21)29)28-26-16-9-13-18(32-2)14-10-16/h3-14,29-30H,1-2H3/b27-25+,28-26+. The van der Waals surface area contributed by atoms with Gasteiger partial charge in [-0.1, -0.05) is 24.3 Å². The number of methoxy groups -OCH3 is 2. The lowest BCUT2D eigenvalue weighted by molar-refractivity contribution is 0.406. The first kappa shape index (κ1) is 20.8. The van der Waals surface area contributed by atoms with Crippen molar-refractivity contribution >= 4 is 33.5 Å². The summed E-state index contributed by atoms with van der Waals surface area (Å²) in [6.45, 7) is 0. The molecule has 0 aliphatic rings. The van der Waals surface area contributed by atoms with E-state index in [2.05, 4.69) is 20.5 Å². The number of benzene rings is 4. The Morgan fingerprint density at radius 2 is 0.906 bits per heavy atom. The van der Waals surface area contributed by atoms with Crippen molar-refractivity contribution in [2.24, 2.45) is 20.5 Å². The third kappa shape index (κ3) is 4.20. The van der Waals surface area contributed by atoms with E-state index in [-0.39, 0.29) is 11.4 Å². The fraction of sp³-hybridized carbons (Fsp3) is 0.0833. The molecule has 0 aliphatic carbocycles. The molecule has 0 amide bonds. The van der Waals surface area contributed by atoms with Gasteiger partial charge in [0.2, 0.25) is 0 Å². The maximum Gasteiger partial charge on any atom is 0.188 e. The molecule has 8 heteroatoms. The summed E-state index contributed by atoms with van der Waals surface area (Å²) in [6.07, 6.45) is 0. The molecular weight excluding hydrogens is 408 g/mol. The first-order valence-electron chi connectivity index (χ1n) is 9.69. The first-order valence-corrected chi connectivity index (χ1v) is 9.69. The van der Waals surface area contributed by atoms with E-state index in [1.165, 1.54) is 0 Å². The number of azo groups is 2. The van der Waals surface area contributed by atoms with Gasteiger partial charge in [0.05, 0.1) is 25.6 Å². The quantitative estimate of drug-likeness (QED) is 0.252. The number of fused-ring (bicyclic) bond motifs is 1. The zero-order valence-electron chi connectivity index (χ0n) is 17.4. The minimum absolute atomic E-state index is 0.136. The highest BCUT2D eigenvalue weighted by Gasteiger charge is 2.19. The van der Waals surface area contributed by atoms with Gasteiger partial charge in [0.25, 0.3) is 0 Å². The lowest BCUT2D eigenvalue weighted by atomic mass is 10.1. The summed E-state index contributed by atoms with van der Waals surface area (Å²) in [6, 6.07) is 21.1. The first-order chi connectivity index (χ1) is 15.6. The molecule has 0 aliphatic heterocycles. The second-order valence-corrected chi connectivity index (χ2v) is 6.74. The van der Waals surface area contributed by atoms with Crippen molar-refractivity contribution in [1.29, 1.82) is 0 Å². The van der Waals surface area contributed by atoms with Crippen LogP contribution in [0.5, 0.6) is 23.0 Å². The lowest BCUT2D eigenvalue weighted by Crippen LogP contribution is -1.81. The fourth-order valence-corrected chi connectivity index (χ4v) is 3.09. The highest BCUT2D eigenvalue weighted by atomic mass is 16.5. The number of phenols is 2. The van der Waals surface area contributed by atoms with Gasteiger partial charge in [-0.05, 0) is 48.5 Å². The molecule has 0 fully saturated rings. The molecule has 0 aromatic heterocycles. The van der Waals surface area contributed by atoms with Gasteiger partial charge in [-0.15, -0.1) is 10.2 Å². The Morgan fingerprint density at radius 1 is 0.531 bits per heavy atom. The molecule has 0 bridgehead atoms. The van der Waals surface area contributed by atoms with Gasteiger partial charge in [-0.25, -0.2) is 0 Å². The summed E-state index contributed by atoms with van der Waals surface area (Å²) in [5.74, 6) is 0.539. The Hall–Kier alpha value is -4.46. The van der Waals surface area contributed by atoms with Crippen molar-refractivity contribution in [2.75, 3.05) is 14.2 Å². The SMILES string of the molecule is COc1ccc(/N=N/c2c(O)c(O)c(/N=N/c3ccc(OC)cc3)c3ccccc23)cc1. The van der Waals surface area contributed by atoms with Crippen molar-refractivity contribution < 1.29 is 19.7 Å². The van der Waals surface area contributed by atoms with E-state index < -0.39 is 11.5 Å². The van der Waals surface area contributed by atoms with Crippen LogP contribution in [0.15, 0.2) is 93.3 Å². The molecule has 4 aromatic rings. The topological polar surface area (TPSA) is 108 Å². The average molecular weight is 428 g/mol. The molecule has 0 unspecified atom stereocenters. The second kappa shape index (κ2) is 9.13. The van der Waals surface area contributed by atoms with Gasteiger partial charge in [0, 0.05) is 10.8 Å². The van der Waals surface area contributed by atoms with E-state index in [9.17, 15) is 10.2 Å². The Labute approximate surface area is 184 Å². The van der Waals surface area contributed by atoms with Crippen LogP contribution >= 0.6 is 0 Å². The smallest absolute Gasteiger partial charge is 0.188 e. The van der Waals surface area contributed by atoms with Crippen LogP contribution in [0, 0.1) is 0 Å². The monoisotopic (exact) mass is 428 g/mol. The van der Waals surface area contributed by atoms with Crippen LogP contribution in [0.1, 0.15) is 0 Å². The Balaban J connectivity index is 1.75. The summed E-state index contributed by atoms with van der Waals surface area (Å²) in [7, 11) is 3.16. The highest BCUT2D eigenvalue weighted by Crippen LogP contribution is 2.50. The zero-order valence-corrected chi connectivity index (χ0v) is 17.4. The van der Waals surface area contributed by atoms with Crippen LogP contribution in [0.4, 0.5) is 22.7 Å². The zero-order chi connectivity index (χ0) is 22.5. The summed E-state index contributed by atoms with van der Waals surface area (Å²) >= 11 is 0. The van der Waals surface area contributed by atoms with Crippen molar-refractivity contribution in [1.82, 2.24) is 0 Å². The molecule has 4 rings (SSSR count). The van der Waals surface area contributed by atoms with E-state index in [0.29, 0.717) is 33.6 Å². The molecule has 2 N–H and O–H groups in total. The Kier molecular flexibility index (Phi) is 5.94. The predicted octanol–water partition coefficient (Wildman–Crippen LogP) is 7.10. The molecule has 0 atom stereocenters. The molecular formula is C24H20N4O4. The van der Waals surface area contributed by atoms with Gasteiger partial charge in [-0.2, -0.15) is 10.2 Å². The number of hydrogen-bond donors (Lipinski definition) is 2. The number of aromatic hydroxyl groups is 2. The van der Waals surface area contributed by atoms with Crippen molar-refractivity contribution in [2.45, 2.75) is 0 Å². The third-order valence-electron chi connectivity index (χ3n) is 4.79. The van der Waals surface area contributed by atoms with Crippen molar-refractivity contribution in [3.05, 3.63) is 72.8 Å². The Morgan fingerprint density at radius 3 is 1.25 bits per heavy atom. The highest BCUT2D eigenvalue weighted by molar-refractivity contribution is 6.05. The van der Waals surface area contributed by atoms with Crippen LogP contribution in [-0.2, 0) is 0 Å². The number of rotatable bonds is 6. The van der Waals surface area contributed by atoms with Crippen LogP contribution in [-0.4, -0.2) is 24.4 Å². The second-order valence-electron chi connectivity index (χ2n) is 6.74. The van der Waals surface area contributed by atoms with Gasteiger partial charge in [0.1, 0.15) is 22.9 Å². The van der Waals surface area contributed by atoms with E-state index in [1.54, 1.807) is 87.0 Å². The summed E-state index contributed by atoms with van der Waals surface area (Å²) in [5, 5.41) is 39.2. The summed E-state index contributed by atoms with van der Waals surface area (Å²) in [5.41, 5.74) is 1.41. The van der Waals surface area contributed by atoms with Crippen LogP contribution < -0.4 is 9.47 Å². The molecule has 160 valence electrons. The fourth-order valence-electron chi connectivity index (χ4n) is 3.09. The maximum atomic E-state index is 10.7. The summed E-state index contributed by atoms with van der Waals surface area (Å²) in [4.78, 5) is 0. The molecule has 4 aromatic carbocycles. The van der Waals surface area contributed by atoms with Crippen LogP contribution in [0.25, 0.3) is 10.8 Å². The Bertz CT molecular complexity index is 1200. The molecule has 0 radical (unpaired) electrons. The van der Waals surface area contributed by atoms with E-state index in [4.69, 9.17) is 9.47 Å². The van der Waals surface area contributed by atoms with Crippen LogP contribution in [0.3, 0.4) is 0 Å². The van der Waals surface area contributed by atoms with Gasteiger partial charge < -0.3 is 19.7 Å². The minimum Gasteiger partial charge on any atom is -0.503 e. The number of phenolic OH excluding ortho intramolecular Hbond substituents is 2.